The van der Waals surface area contributed by atoms with Crippen LogP contribution in [0.15, 0.2) is 18.2 Å². The van der Waals surface area contributed by atoms with E-state index in [0.717, 1.165) is 12.0 Å². The van der Waals surface area contributed by atoms with Crippen LogP contribution in [0.1, 0.15) is 34.3 Å². The largest absolute Gasteiger partial charge is 0.384 e. The van der Waals surface area contributed by atoms with Gasteiger partial charge in [-0.05, 0) is 37.5 Å². The third kappa shape index (κ3) is 3.83. The van der Waals surface area contributed by atoms with Crippen LogP contribution in [0.4, 0.5) is 0 Å². The normalized spacial score (nSPS) is 17.4. The van der Waals surface area contributed by atoms with Gasteiger partial charge in [0.1, 0.15) is 12.6 Å². The average molecular weight is 286 g/mol. The summed E-state index contributed by atoms with van der Waals surface area (Å²) < 4.78 is 0. The number of aryl methyl sites for hydroxylation is 1. The van der Waals surface area contributed by atoms with Crippen LogP contribution >= 0.6 is 0 Å². The molecule has 1 aliphatic rings. The van der Waals surface area contributed by atoms with Crippen molar-refractivity contribution in [3.8, 4) is 11.8 Å². The quantitative estimate of drug-likeness (QED) is 0.686. The molecule has 1 saturated heterocycles. The van der Waals surface area contributed by atoms with E-state index in [1.165, 1.54) is 0 Å². The number of hydrogen-bond donors (Lipinski definition) is 3. The first-order valence-corrected chi connectivity index (χ1v) is 6.91. The molecule has 1 aliphatic heterocycles. The fourth-order valence-corrected chi connectivity index (χ4v) is 2.23. The highest BCUT2D eigenvalue weighted by Crippen LogP contribution is 2.12. The molecule has 2 amide bonds. The van der Waals surface area contributed by atoms with Gasteiger partial charge < -0.3 is 15.7 Å². The van der Waals surface area contributed by atoms with E-state index in [4.69, 9.17) is 5.11 Å². The molecular weight excluding hydrogens is 268 g/mol. The highest BCUT2D eigenvalue weighted by molar-refractivity contribution is 5.99. The molecule has 1 aromatic carbocycles. The summed E-state index contributed by atoms with van der Waals surface area (Å²) in [7, 11) is 0. The molecule has 110 valence electrons. The lowest BCUT2D eigenvalue weighted by Crippen LogP contribution is -2.50. The number of aliphatic hydroxyl groups excluding tert-OH is 1. The van der Waals surface area contributed by atoms with E-state index in [1.807, 2.05) is 6.92 Å². The van der Waals surface area contributed by atoms with Gasteiger partial charge in [0.25, 0.3) is 5.91 Å². The summed E-state index contributed by atoms with van der Waals surface area (Å²) >= 11 is 0. The molecule has 1 aromatic rings. The third-order valence-corrected chi connectivity index (χ3v) is 3.38. The number of aliphatic hydroxyl groups is 1. The predicted molar refractivity (Wildman–Crippen MR) is 78.6 cm³/mol. The fourth-order valence-electron chi connectivity index (χ4n) is 2.23. The fraction of sp³-hybridized carbons (Fsp3) is 0.375. The summed E-state index contributed by atoms with van der Waals surface area (Å²) in [5.74, 6) is 4.91. The Bertz CT molecular complexity index is 614. The number of carbonyl (C=O) groups excluding carboxylic acids is 2. The van der Waals surface area contributed by atoms with E-state index in [0.29, 0.717) is 24.1 Å². The van der Waals surface area contributed by atoms with Gasteiger partial charge in [0.05, 0.1) is 0 Å². The molecule has 0 bridgehead atoms. The minimum absolute atomic E-state index is 0.136. The topological polar surface area (TPSA) is 78.4 Å². The molecule has 1 fully saturated rings. The molecule has 5 heteroatoms. The smallest absolute Gasteiger partial charge is 0.252 e. The Kier molecular flexibility index (Phi) is 4.96. The lowest BCUT2D eigenvalue weighted by atomic mass is 10.0. The van der Waals surface area contributed by atoms with Crippen molar-refractivity contribution < 1.29 is 14.7 Å². The number of hydrogen-bond acceptors (Lipinski definition) is 3. The summed E-state index contributed by atoms with van der Waals surface area (Å²) in [6, 6.07) is 4.80. The van der Waals surface area contributed by atoms with E-state index in [2.05, 4.69) is 22.5 Å². The first-order valence-electron chi connectivity index (χ1n) is 6.91. The molecule has 5 nitrogen and oxygen atoms in total. The summed E-state index contributed by atoms with van der Waals surface area (Å²) in [4.78, 5) is 24.0. The van der Waals surface area contributed by atoms with Crippen molar-refractivity contribution in [1.29, 1.82) is 0 Å². The second kappa shape index (κ2) is 6.91. The summed E-state index contributed by atoms with van der Waals surface area (Å²) in [5, 5.41) is 14.2. The van der Waals surface area contributed by atoms with Crippen molar-refractivity contribution in [2.75, 3.05) is 13.2 Å². The van der Waals surface area contributed by atoms with Crippen molar-refractivity contribution in [2.24, 2.45) is 0 Å². The molecule has 21 heavy (non-hydrogen) atoms. The number of benzene rings is 1. The van der Waals surface area contributed by atoms with Gasteiger partial charge in [0.15, 0.2) is 0 Å². The maximum atomic E-state index is 12.3. The summed E-state index contributed by atoms with van der Waals surface area (Å²) in [6.45, 7) is 2.27. The SMILES string of the molecule is Cc1ccc(C#CCO)cc1C(=O)NC1CCCNC1=O. The molecular formula is C16H18N2O3. The zero-order valence-corrected chi connectivity index (χ0v) is 11.9. The molecule has 3 N–H and O–H groups in total. The molecule has 0 saturated carbocycles. The molecule has 0 radical (unpaired) electrons. The molecule has 0 spiro atoms. The van der Waals surface area contributed by atoms with E-state index >= 15 is 0 Å². The average Bonchev–Trinajstić information content (AvgIpc) is 2.48. The molecule has 0 aromatic heterocycles. The van der Waals surface area contributed by atoms with E-state index in [-0.39, 0.29) is 18.4 Å². The van der Waals surface area contributed by atoms with Crippen LogP contribution < -0.4 is 10.6 Å². The van der Waals surface area contributed by atoms with Crippen LogP contribution in [-0.2, 0) is 4.79 Å². The lowest BCUT2D eigenvalue weighted by molar-refractivity contribution is -0.124. The minimum Gasteiger partial charge on any atom is -0.384 e. The van der Waals surface area contributed by atoms with Gasteiger partial charge in [-0.25, -0.2) is 0 Å². The number of amides is 2. The number of rotatable bonds is 2. The third-order valence-electron chi connectivity index (χ3n) is 3.38. The Balaban J connectivity index is 2.16. The van der Waals surface area contributed by atoms with Gasteiger partial charge in [0.2, 0.25) is 5.91 Å². The van der Waals surface area contributed by atoms with Crippen LogP contribution in [0.5, 0.6) is 0 Å². The first-order chi connectivity index (χ1) is 10.1. The Labute approximate surface area is 123 Å². The Morgan fingerprint density at radius 3 is 3.05 bits per heavy atom. The maximum Gasteiger partial charge on any atom is 0.252 e. The van der Waals surface area contributed by atoms with Crippen LogP contribution in [0, 0.1) is 18.8 Å². The second-order valence-corrected chi connectivity index (χ2v) is 4.95. The van der Waals surface area contributed by atoms with Gasteiger partial charge >= 0.3 is 0 Å². The van der Waals surface area contributed by atoms with E-state index in [1.54, 1.807) is 18.2 Å². The van der Waals surface area contributed by atoms with Crippen molar-refractivity contribution in [3.05, 3.63) is 34.9 Å². The highest BCUT2D eigenvalue weighted by atomic mass is 16.2. The Hall–Kier alpha value is -2.32. The van der Waals surface area contributed by atoms with Crippen molar-refractivity contribution in [2.45, 2.75) is 25.8 Å². The minimum atomic E-state index is -0.474. The van der Waals surface area contributed by atoms with Crippen LogP contribution in [0.25, 0.3) is 0 Å². The van der Waals surface area contributed by atoms with Gasteiger partial charge in [-0.15, -0.1) is 0 Å². The van der Waals surface area contributed by atoms with Gasteiger partial charge in [0, 0.05) is 17.7 Å². The summed E-state index contributed by atoms with van der Waals surface area (Å²) in [5.41, 5.74) is 1.98. The van der Waals surface area contributed by atoms with Crippen LogP contribution in [0.2, 0.25) is 0 Å². The van der Waals surface area contributed by atoms with E-state index < -0.39 is 6.04 Å². The first kappa shape index (κ1) is 15.1. The standard InChI is InChI=1S/C16H18N2O3/c1-11-6-7-12(4-3-9-19)10-13(11)15(20)18-14-5-2-8-17-16(14)21/h6-7,10,14,19H,2,5,8-9H2,1H3,(H,17,21)(H,18,20). The molecule has 1 heterocycles. The van der Waals surface area contributed by atoms with E-state index in [9.17, 15) is 9.59 Å². The zero-order chi connectivity index (χ0) is 15.2. The molecule has 1 atom stereocenters. The van der Waals surface area contributed by atoms with Crippen LogP contribution in [-0.4, -0.2) is 36.1 Å². The van der Waals surface area contributed by atoms with Crippen molar-refractivity contribution >= 4 is 11.8 Å². The van der Waals surface area contributed by atoms with Gasteiger partial charge in [-0.2, -0.15) is 0 Å². The van der Waals surface area contributed by atoms with Gasteiger partial charge in [-0.3, -0.25) is 9.59 Å². The monoisotopic (exact) mass is 286 g/mol. The number of carbonyl (C=O) groups is 2. The maximum absolute atomic E-state index is 12.3. The van der Waals surface area contributed by atoms with Crippen molar-refractivity contribution in [1.82, 2.24) is 10.6 Å². The second-order valence-electron chi connectivity index (χ2n) is 4.95. The highest BCUT2D eigenvalue weighted by Gasteiger charge is 2.24. The lowest BCUT2D eigenvalue weighted by Gasteiger charge is -2.23. The van der Waals surface area contributed by atoms with Gasteiger partial charge in [-0.1, -0.05) is 17.9 Å². The van der Waals surface area contributed by atoms with Crippen molar-refractivity contribution in [3.63, 3.8) is 0 Å². The summed E-state index contributed by atoms with van der Waals surface area (Å²) in [6.07, 6.45) is 1.51. The molecule has 1 unspecified atom stereocenters. The number of nitrogens with one attached hydrogen (secondary N) is 2. The zero-order valence-electron chi connectivity index (χ0n) is 11.9. The Morgan fingerprint density at radius 1 is 1.52 bits per heavy atom. The number of piperidine rings is 1. The predicted octanol–water partition coefficient (Wildman–Crippen LogP) is 0.347. The molecule has 0 aliphatic carbocycles. The Morgan fingerprint density at radius 2 is 2.33 bits per heavy atom. The molecule has 2 rings (SSSR count). The van der Waals surface area contributed by atoms with Crippen LogP contribution in [0.3, 0.4) is 0 Å².